The fourth-order valence-electron chi connectivity index (χ4n) is 2.42. The highest BCUT2D eigenvalue weighted by Gasteiger charge is 2.14. The van der Waals surface area contributed by atoms with E-state index in [2.05, 4.69) is 0 Å². The minimum Gasteiger partial charge on any atom is -0.496 e. The van der Waals surface area contributed by atoms with Crippen LogP contribution in [0.2, 0.25) is 5.02 Å². The number of hydrogen-bond donors (Lipinski definition) is 1. The Balaban J connectivity index is 2.13. The molecular weight excluding hydrogens is 289 g/mol. The van der Waals surface area contributed by atoms with Crippen molar-refractivity contribution in [1.82, 2.24) is 0 Å². The van der Waals surface area contributed by atoms with Gasteiger partial charge < -0.3 is 10.5 Å². The maximum atomic E-state index is 13.1. The smallest absolute Gasteiger partial charge is 0.124 e. The molecule has 2 rings (SSSR count). The molecule has 0 aliphatic carbocycles. The second-order valence-electron chi connectivity index (χ2n) is 5.06. The average molecular weight is 308 g/mol. The SMILES string of the molecule is COc1ccccc1CC(CN)Cc1ccc(F)cc1Cl. The van der Waals surface area contributed by atoms with E-state index >= 15 is 0 Å². The van der Waals surface area contributed by atoms with Crippen molar-refractivity contribution < 1.29 is 9.13 Å². The molecule has 0 fully saturated rings. The Kier molecular flexibility index (Phi) is 5.59. The first kappa shape index (κ1) is 15.8. The summed E-state index contributed by atoms with van der Waals surface area (Å²) < 4.78 is 18.5. The van der Waals surface area contributed by atoms with Crippen LogP contribution in [0, 0.1) is 11.7 Å². The lowest BCUT2D eigenvalue weighted by atomic mass is 9.92. The van der Waals surface area contributed by atoms with Crippen molar-refractivity contribution in [3.63, 3.8) is 0 Å². The lowest BCUT2D eigenvalue weighted by Gasteiger charge is -2.17. The maximum absolute atomic E-state index is 13.1. The highest BCUT2D eigenvalue weighted by molar-refractivity contribution is 6.31. The van der Waals surface area contributed by atoms with Crippen molar-refractivity contribution in [3.05, 3.63) is 64.4 Å². The van der Waals surface area contributed by atoms with Gasteiger partial charge in [-0.1, -0.05) is 35.9 Å². The van der Waals surface area contributed by atoms with E-state index < -0.39 is 0 Å². The van der Waals surface area contributed by atoms with E-state index in [-0.39, 0.29) is 11.7 Å². The molecule has 2 N–H and O–H groups in total. The van der Waals surface area contributed by atoms with Gasteiger partial charge in [-0.25, -0.2) is 4.39 Å². The zero-order valence-corrected chi connectivity index (χ0v) is 12.7. The quantitative estimate of drug-likeness (QED) is 0.880. The Bertz CT molecular complexity index is 603. The van der Waals surface area contributed by atoms with Gasteiger partial charge in [-0.15, -0.1) is 0 Å². The van der Waals surface area contributed by atoms with Crippen molar-refractivity contribution >= 4 is 11.6 Å². The number of hydrogen-bond acceptors (Lipinski definition) is 2. The molecule has 4 heteroatoms. The molecule has 0 aliphatic rings. The number of nitrogens with two attached hydrogens (primary N) is 1. The van der Waals surface area contributed by atoms with Gasteiger partial charge in [0.25, 0.3) is 0 Å². The highest BCUT2D eigenvalue weighted by Crippen LogP contribution is 2.25. The van der Waals surface area contributed by atoms with E-state index in [1.807, 2.05) is 24.3 Å². The first-order valence-electron chi connectivity index (χ1n) is 6.90. The molecule has 0 spiro atoms. The van der Waals surface area contributed by atoms with Gasteiger partial charge in [0.1, 0.15) is 11.6 Å². The summed E-state index contributed by atoms with van der Waals surface area (Å²) in [6.45, 7) is 0.533. The van der Waals surface area contributed by atoms with E-state index in [1.54, 1.807) is 13.2 Å². The summed E-state index contributed by atoms with van der Waals surface area (Å²) in [5.41, 5.74) is 7.92. The Labute approximate surface area is 129 Å². The normalized spacial score (nSPS) is 12.2. The van der Waals surface area contributed by atoms with Crippen LogP contribution in [0.5, 0.6) is 5.75 Å². The van der Waals surface area contributed by atoms with Crippen LogP contribution in [0.4, 0.5) is 4.39 Å². The standard InChI is InChI=1S/C17H19ClFNO/c1-21-17-5-3-2-4-14(17)9-12(11-20)8-13-6-7-15(19)10-16(13)18/h2-7,10,12H,8-9,11,20H2,1H3. The van der Waals surface area contributed by atoms with Crippen LogP contribution in [0.25, 0.3) is 0 Å². The summed E-state index contributed by atoms with van der Waals surface area (Å²) in [4.78, 5) is 0. The third-order valence-electron chi connectivity index (χ3n) is 3.56. The van der Waals surface area contributed by atoms with Crippen LogP contribution in [0.1, 0.15) is 11.1 Å². The minimum absolute atomic E-state index is 0.226. The molecule has 0 aromatic heterocycles. The number of halogens is 2. The van der Waals surface area contributed by atoms with E-state index in [0.29, 0.717) is 18.0 Å². The monoisotopic (exact) mass is 307 g/mol. The summed E-state index contributed by atoms with van der Waals surface area (Å²) in [5, 5.41) is 0.452. The van der Waals surface area contributed by atoms with Gasteiger partial charge in [0, 0.05) is 5.02 Å². The Morgan fingerprint density at radius 2 is 1.86 bits per heavy atom. The van der Waals surface area contributed by atoms with Gasteiger partial charge in [-0.3, -0.25) is 0 Å². The van der Waals surface area contributed by atoms with Gasteiger partial charge in [0.05, 0.1) is 7.11 Å². The molecular formula is C17H19ClFNO. The largest absolute Gasteiger partial charge is 0.496 e. The zero-order chi connectivity index (χ0) is 15.2. The third kappa shape index (κ3) is 4.19. The van der Waals surface area contributed by atoms with Crippen molar-refractivity contribution in [2.45, 2.75) is 12.8 Å². The minimum atomic E-state index is -0.322. The molecule has 21 heavy (non-hydrogen) atoms. The van der Waals surface area contributed by atoms with Crippen LogP contribution >= 0.6 is 11.6 Å². The van der Waals surface area contributed by atoms with Crippen LogP contribution in [-0.2, 0) is 12.8 Å². The first-order valence-corrected chi connectivity index (χ1v) is 7.27. The summed E-state index contributed by atoms with van der Waals surface area (Å²) >= 11 is 6.09. The second kappa shape index (κ2) is 7.43. The van der Waals surface area contributed by atoms with Crippen LogP contribution in [0.3, 0.4) is 0 Å². The molecule has 0 saturated carbocycles. The molecule has 0 heterocycles. The second-order valence-corrected chi connectivity index (χ2v) is 5.46. The van der Waals surface area contributed by atoms with Crippen molar-refractivity contribution in [2.75, 3.05) is 13.7 Å². The van der Waals surface area contributed by atoms with Gasteiger partial charge >= 0.3 is 0 Å². The van der Waals surface area contributed by atoms with E-state index in [9.17, 15) is 4.39 Å². The number of rotatable bonds is 6. The maximum Gasteiger partial charge on any atom is 0.124 e. The topological polar surface area (TPSA) is 35.2 Å². The molecule has 2 nitrogen and oxygen atoms in total. The number of para-hydroxylation sites is 1. The van der Waals surface area contributed by atoms with E-state index in [4.69, 9.17) is 22.1 Å². The van der Waals surface area contributed by atoms with Crippen molar-refractivity contribution in [2.24, 2.45) is 11.7 Å². The molecule has 0 amide bonds. The Morgan fingerprint density at radius 1 is 1.14 bits per heavy atom. The van der Waals surface area contributed by atoms with E-state index in [1.165, 1.54) is 12.1 Å². The Morgan fingerprint density at radius 3 is 2.52 bits per heavy atom. The van der Waals surface area contributed by atoms with Crippen LogP contribution < -0.4 is 10.5 Å². The Hall–Kier alpha value is -1.58. The molecule has 1 unspecified atom stereocenters. The summed E-state index contributed by atoms with van der Waals surface area (Å²) in [6.07, 6.45) is 1.52. The predicted octanol–water partition coefficient (Wildman–Crippen LogP) is 3.85. The molecule has 0 saturated heterocycles. The predicted molar refractivity (Wildman–Crippen MR) is 84.4 cm³/mol. The first-order chi connectivity index (χ1) is 10.1. The fraction of sp³-hybridized carbons (Fsp3) is 0.294. The van der Waals surface area contributed by atoms with Gasteiger partial charge in [-0.05, 0) is 54.6 Å². The number of benzene rings is 2. The molecule has 0 aliphatic heterocycles. The fourth-order valence-corrected chi connectivity index (χ4v) is 2.66. The molecule has 1 atom stereocenters. The van der Waals surface area contributed by atoms with Crippen LogP contribution in [0.15, 0.2) is 42.5 Å². The zero-order valence-electron chi connectivity index (χ0n) is 12.0. The van der Waals surface area contributed by atoms with E-state index in [0.717, 1.165) is 23.3 Å². The number of methoxy groups -OCH3 is 1. The molecule has 112 valence electrons. The summed E-state index contributed by atoms with van der Waals surface area (Å²) in [5.74, 6) is 0.767. The van der Waals surface area contributed by atoms with Gasteiger partial charge in [0.2, 0.25) is 0 Å². The van der Waals surface area contributed by atoms with Gasteiger partial charge in [-0.2, -0.15) is 0 Å². The molecule has 0 radical (unpaired) electrons. The van der Waals surface area contributed by atoms with Crippen molar-refractivity contribution in [3.8, 4) is 5.75 Å². The average Bonchev–Trinajstić information content (AvgIpc) is 2.49. The third-order valence-corrected chi connectivity index (χ3v) is 3.91. The number of ether oxygens (including phenoxy) is 1. The van der Waals surface area contributed by atoms with Gasteiger partial charge in [0.15, 0.2) is 0 Å². The van der Waals surface area contributed by atoms with Crippen molar-refractivity contribution in [1.29, 1.82) is 0 Å². The highest BCUT2D eigenvalue weighted by atomic mass is 35.5. The molecule has 0 bridgehead atoms. The molecule has 2 aromatic rings. The summed E-state index contributed by atoms with van der Waals surface area (Å²) in [7, 11) is 1.66. The summed E-state index contributed by atoms with van der Waals surface area (Å²) in [6, 6.07) is 12.4. The molecule has 2 aromatic carbocycles. The van der Waals surface area contributed by atoms with Crippen LogP contribution in [-0.4, -0.2) is 13.7 Å². The lowest BCUT2D eigenvalue weighted by Crippen LogP contribution is -2.20. The lowest BCUT2D eigenvalue weighted by molar-refractivity contribution is 0.404.